The molecular formula is C44H40Br2O3. The van der Waals surface area contributed by atoms with Crippen molar-refractivity contribution in [2.45, 2.75) is 38.9 Å². The van der Waals surface area contributed by atoms with E-state index in [4.69, 9.17) is 14.2 Å². The average molecular weight is 777 g/mol. The van der Waals surface area contributed by atoms with Crippen molar-refractivity contribution in [1.82, 2.24) is 0 Å². The summed E-state index contributed by atoms with van der Waals surface area (Å²) >= 11 is 7.77. The van der Waals surface area contributed by atoms with Gasteiger partial charge in [0.2, 0.25) is 0 Å². The Balaban J connectivity index is 1.31. The fraction of sp³-hybridized carbons (Fsp3) is 0.182. The normalized spacial score (nSPS) is 11.1. The third-order valence-corrected chi connectivity index (χ3v) is 10.0. The van der Waals surface area contributed by atoms with Gasteiger partial charge in [0.05, 0.1) is 26.4 Å². The SMILES string of the molecule is Brc1ccc(Oc2ccc(Br)c(Cc3ccccc3)c2CCOCc2ccccc2)c(CCOCc2ccccc2)c1Cc1ccccc1. The highest BCUT2D eigenvalue weighted by atomic mass is 79.9. The van der Waals surface area contributed by atoms with E-state index in [9.17, 15) is 0 Å². The molecule has 0 spiro atoms. The van der Waals surface area contributed by atoms with Crippen molar-refractivity contribution < 1.29 is 14.2 Å². The van der Waals surface area contributed by atoms with E-state index in [1.807, 2.05) is 36.4 Å². The lowest BCUT2D eigenvalue weighted by Gasteiger charge is -2.21. The molecule has 3 nitrogen and oxygen atoms in total. The van der Waals surface area contributed by atoms with Gasteiger partial charge in [-0.25, -0.2) is 0 Å². The molecule has 0 radical (unpaired) electrons. The van der Waals surface area contributed by atoms with Gasteiger partial charge in [-0.05, 0) is 83.3 Å². The van der Waals surface area contributed by atoms with Gasteiger partial charge in [-0.1, -0.05) is 153 Å². The fourth-order valence-electron chi connectivity index (χ4n) is 6.00. The lowest BCUT2D eigenvalue weighted by Crippen LogP contribution is -2.08. The lowest BCUT2D eigenvalue weighted by molar-refractivity contribution is 0.123. The van der Waals surface area contributed by atoms with Crippen molar-refractivity contribution >= 4 is 31.9 Å². The minimum atomic E-state index is 0.571. The van der Waals surface area contributed by atoms with E-state index in [0.29, 0.717) is 39.3 Å². The first-order chi connectivity index (χ1) is 24.1. The first-order valence-corrected chi connectivity index (χ1v) is 18.3. The Labute approximate surface area is 307 Å². The van der Waals surface area contributed by atoms with E-state index in [1.54, 1.807) is 0 Å². The molecule has 0 aliphatic heterocycles. The number of benzene rings is 6. The summed E-state index contributed by atoms with van der Waals surface area (Å²) in [5.41, 5.74) is 9.53. The van der Waals surface area contributed by atoms with Crippen LogP contribution >= 0.6 is 31.9 Å². The number of rotatable bonds is 16. The van der Waals surface area contributed by atoms with E-state index < -0.39 is 0 Å². The number of hydrogen-bond acceptors (Lipinski definition) is 3. The standard InChI is InChI=1S/C44H40Br2O3/c45-41-21-23-43(37(39(41)29-33-13-5-1-6-14-33)25-27-47-31-35-17-9-3-10-18-35)49-44-24-22-42(46)40(30-34-15-7-2-8-16-34)38(44)26-28-48-32-36-19-11-4-12-20-36/h1-24H,25-32H2. The highest BCUT2D eigenvalue weighted by molar-refractivity contribution is 9.10. The van der Waals surface area contributed by atoms with Crippen LogP contribution in [-0.2, 0) is 48.4 Å². The molecule has 0 heterocycles. The summed E-state index contributed by atoms with van der Waals surface area (Å²) in [5, 5.41) is 0. The molecular weight excluding hydrogens is 736 g/mol. The maximum absolute atomic E-state index is 6.99. The Morgan fingerprint density at radius 1 is 0.367 bits per heavy atom. The van der Waals surface area contributed by atoms with Gasteiger partial charge in [0.15, 0.2) is 0 Å². The second-order valence-electron chi connectivity index (χ2n) is 12.0. The molecule has 0 N–H and O–H groups in total. The highest BCUT2D eigenvalue weighted by Gasteiger charge is 2.19. The van der Waals surface area contributed by atoms with Crippen LogP contribution in [0.4, 0.5) is 0 Å². The highest BCUT2D eigenvalue weighted by Crippen LogP contribution is 2.38. The van der Waals surface area contributed by atoms with Crippen LogP contribution in [0.25, 0.3) is 0 Å². The molecule has 0 bridgehead atoms. The Hall–Kier alpha value is -4.00. The summed E-state index contributed by atoms with van der Waals surface area (Å²) in [4.78, 5) is 0. The van der Waals surface area contributed by atoms with E-state index in [0.717, 1.165) is 55.5 Å². The van der Waals surface area contributed by atoms with Crippen LogP contribution in [0.15, 0.2) is 155 Å². The predicted molar refractivity (Wildman–Crippen MR) is 206 cm³/mol. The topological polar surface area (TPSA) is 27.7 Å². The van der Waals surface area contributed by atoms with Gasteiger partial charge in [-0.3, -0.25) is 0 Å². The van der Waals surface area contributed by atoms with Crippen molar-refractivity contribution in [2.75, 3.05) is 13.2 Å². The van der Waals surface area contributed by atoms with Gasteiger partial charge in [-0.2, -0.15) is 0 Å². The van der Waals surface area contributed by atoms with Crippen molar-refractivity contribution in [3.8, 4) is 11.5 Å². The molecule has 0 fully saturated rings. The third kappa shape index (κ3) is 10.0. The molecule has 5 heteroatoms. The van der Waals surface area contributed by atoms with E-state index in [2.05, 4.69) is 141 Å². The molecule has 49 heavy (non-hydrogen) atoms. The molecule has 0 aliphatic rings. The zero-order valence-corrected chi connectivity index (χ0v) is 30.7. The minimum Gasteiger partial charge on any atom is -0.457 e. The Kier molecular flexibility index (Phi) is 12.9. The van der Waals surface area contributed by atoms with Crippen molar-refractivity contribution in [1.29, 1.82) is 0 Å². The molecule has 0 amide bonds. The molecule has 6 aromatic rings. The summed E-state index contributed by atoms with van der Waals surface area (Å²) < 4.78 is 21.5. The van der Waals surface area contributed by atoms with E-state index in [-0.39, 0.29) is 0 Å². The summed E-state index contributed by atoms with van der Waals surface area (Å²) in [6, 6.07) is 50.2. The molecule has 248 valence electrons. The summed E-state index contributed by atoms with van der Waals surface area (Å²) in [7, 11) is 0. The molecule has 0 atom stereocenters. The first kappa shape index (κ1) is 34.8. The third-order valence-electron chi connectivity index (χ3n) is 8.55. The van der Waals surface area contributed by atoms with Crippen LogP contribution < -0.4 is 4.74 Å². The zero-order chi connectivity index (χ0) is 33.7. The number of halogens is 2. The van der Waals surface area contributed by atoms with Gasteiger partial charge < -0.3 is 14.2 Å². The van der Waals surface area contributed by atoms with Crippen molar-refractivity contribution in [3.63, 3.8) is 0 Å². The van der Waals surface area contributed by atoms with Crippen LogP contribution in [0.2, 0.25) is 0 Å². The monoisotopic (exact) mass is 774 g/mol. The average Bonchev–Trinajstić information content (AvgIpc) is 3.14. The Bertz CT molecular complexity index is 1760. The molecule has 0 saturated heterocycles. The van der Waals surface area contributed by atoms with Crippen molar-refractivity contribution in [3.05, 3.63) is 199 Å². The van der Waals surface area contributed by atoms with Crippen LogP contribution in [-0.4, -0.2) is 13.2 Å². The van der Waals surface area contributed by atoms with Crippen LogP contribution in [0.5, 0.6) is 11.5 Å². The second-order valence-corrected chi connectivity index (χ2v) is 13.7. The number of ether oxygens (including phenoxy) is 3. The molecule has 0 unspecified atom stereocenters. The Morgan fingerprint density at radius 2 is 0.714 bits per heavy atom. The van der Waals surface area contributed by atoms with Crippen molar-refractivity contribution in [2.24, 2.45) is 0 Å². The second kappa shape index (κ2) is 18.1. The van der Waals surface area contributed by atoms with Gasteiger partial charge in [-0.15, -0.1) is 0 Å². The summed E-state index contributed by atoms with van der Waals surface area (Å²) in [6.07, 6.45) is 3.00. The van der Waals surface area contributed by atoms with Crippen LogP contribution in [0, 0.1) is 0 Å². The number of hydrogen-bond donors (Lipinski definition) is 0. The summed E-state index contributed by atoms with van der Waals surface area (Å²) in [5.74, 6) is 1.69. The Morgan fingerprint density at radius 3 is 1.08 bits per heavy atom. The fourth-order valence-corrected chi connectivity index (χ4v) is 7.03. The van der Waals surface area contributed by atoms with Gasteiger partial charge in [0.25, 0.3) is 0 Å². The predicted octanol–water partition coefficient (Wildman–Crippen LogP) is 11.7. The van der Waals surface area contributed by atoms with Crippen LogP contribution in [0.1, 0.15) is 44.5 Å². The maximum Gasteiger partial charge on any atom is 0.131 e. The van der Waals surface area contributed by atoms with Gasteiger partial charge in [0, 0.05) is 20.1 Å². The van der Waals surface area contributed by atoms with Gasteiger partial charge in [0.1, 0.15) is 11.5 Å². The van der Waals surface area contributed by atoms with Gasteiger partial charge >= 0.3 is 0 Å². The first-order valence-electron chi connectivity index (χ1n) is 16.7. The van der Waals surface area contributed by atoms with E-state index in [1.165, 1.54) is 22.3 Å². The largest absolute Gasteiger partial charge is 0.457 e. The molecule has 0 aromatic heterocycles. The lowest BCUT2D eigenvalue weighted by atomic mass is 9.96. The molecule has 0 saturated carbocycles. The van der Waals surface area contributed by atoms with E-state index >= 15 is 0 Å². The quantitative estimate of drug-likeness (QED) is 0.0917. The summed E-state index contributed by atoms with van der Waals surface area (Å²) in [6.45, 7) is 2.29. The maximum atomic E-state index is 6.99. The molecule has 6 aromatic carbocycles. The zero-order valence-electron chi connectivity index (χ0n) is 27.5. The van der Waals surface area contributed by atoms with Crippen LogP contribution in [0.3, 0.4) is 0 Å². The molecule has 0 aliphatic carbocycles. The smallest absolute Gasteiger partial charge is 0.131 e. The minimum absolute atomic E-state index is 0.571. The molecule has 6 rings (SSSR count).